The molecule has 0 aliphatic carbocycles. The molecule has 2 rings (SSSR count). The molecule has 0 saturated heterocycles. The van der Waals surface area contributed by atoms with Gasteiger partial charge in [-0.05, 0) is 41.9 Å². The molecule has 2 nitrogen and oxygen atoms in total. The number of furan rings is 1. The average Bonchev–Trinajstić information content (AvgIpc) is 2.72. The van der Waals surface area contributed by atoms with Crippen molar-refractivity contribution in [3.05, 3.63) is 58.8 Å². The highest BCUT2D eigenvalue weighted by molar-refractivity contribution is 6.29. The Kier molecular flexibility index (Phi) is 3.82. The molecule has 1 aromatic carbocycles. The monoisotopic (exact) mass is 253 g/mol. The Hall–Kier alpha value is -1.32. The maximum absolute atomic E-state index is 13.2. The SMILES string of the molecule is CCNC(c1cccc(F)c1)c1ccoc1Cl. The zero-order valence-corrected chi connectivity index (χ0v) is 10.2. The highest BCUT2D eigenvalue weighted by atomic mass is 35.5. The second-order valence-corrected chi connectivity index (χ2v) is 4.04. The van der Waals surface area contributed by atoms with Crippen LogP contribution < -0.4 is 5.32 Å². The first-order valence-electron chi connectivity index (χ1n) is 5.44. The zero-order valence-electron chi connectivity index (χ0n) is 9.41. The molecule has 0 aliphatic rings. The van der Waals surface area contributed by atoms with Crippen molar-refractivity contribution in [2.45, 2.75) is 13.0 Å². The quantitative estimate of drug-likeness (QED) is 0.897. The van der Waals surface area contributed by atoms with Gasteiger partial charge in [-0.2, -0.15) is 0 Å². The molecular weight excluding hydrogens is 241 g/mol. The molecule has 0 amide bonds. The summed E-state index contributed by atoms with van der Waals surface area (Å²) in [4.78, 5) is 0. The lowest BCUT2D eigenvalue weighted by Gasteiger charge is -2.17. The Morgan fingerprint density at radius 3 is 2.82 bits per heavy atom. The molecule has 90 valence electrons. The molecule has 1 aromatic heterocycles. The molecule has 17 heavy (non-hydrogen) atoms. The summed E-state index contributed by atoms with van der Waals surface area (Å²) in [7, 11) is 0. The van der Waals surface area contributed by atoms with Crippen LogP contribution in [0.1, 0.15) is 24.1 Å². The summed E-state index contributed by atoms with van der Waals surface area (Å²) < 4.78 is 18.3. The Labute approximate surface area is 104 Å². The maximum atomic E-state index is 13.2. The molecule has 1 heterocycles. The molecule has 0 fully saturated rings. The molecule has 1 unspecified atom stereocenters. The van der Waals surface area contributed by atoms with Crippen LogP contribution in [0.25, 0.3) is 0 Å². The fraction of sp³-hybridized carbons (Fsp3) is 0.231. The third-order valence-electron chi connectivity index (χ3n) is 2.55. The van der Waals surface area contributed by atoms with Crippen molar-refractivity contribution in [1.82, 2.24) is 5.32 Å². The van der Waals surface area contributed by atoms with Crippen LogP contribution in [0.15, 0.2) is 41.0 Å². The fourth-order valence-electron chi connectivity index (χ4n) is 1.81. The summed E-state index contributed by atoms with van der Waals surface area (Å²) >= 11 is 5.96. The van der Waals surface area contributed by atoms with Gasteiger partial charge >= 0.3 is 0 Å². The van der Waals surface area contributed by atoms with Crippen molar-refractivity contribution in [3.63, 3.8) is 0 Å². The van der Waals surface area contributed by atoms with Crippen LogP contribution in [0.5, 0.6) is 0 Å². The Balaban J connectivity index is 2.39. The third-order valence-corrected chi connectivity index (χ3v) is 2.85. The van der Waals surface area contributed by atoms with Crippen molar-refractivity contribution < 1.29 is 8.81 Å². The number of hydrogen-bond acceptors (Lipinski definition) is 2. The van der Waals surface area contributed by atoms with E-state index < -0.39 is 0 Å². The molecule has 0 aliphatic heterocycles. The highest BCUT2D eigenvalue weighted by Crippen LogP contribution is 2.29. The first-order chi connectivity index (χ1) is 8.22. The minimum atomic E-state index is -0.259. The van der Waals surface area contributed by atoms with Gasteiger partial charge in [-0.15, -0.1) is 0 Å². The summed E-state index contributed by atoms with van der Waals surface area (Å²) in [5.74, 6) is -0.259. The summed E-state index contributed by atoms with van der Waals surface area (Å²) in [6, 6.07) is 8.10. The van der Waals surface area contributed by atoms with E-state index in [1.54, 1.807) is 12.1 Å². The second-order valence-electron chi connectivity index (χ2n) is 3.70. The molecule has 4 heteroatoms. The second kappa shape index (κ2) is 5.34. The van der Waals surface area contributed by atoms with Crippen LogP contribution in [0.4, 0.5) is 4.39 Å². The number of nitrogens with one attached hydrogen (secondary N) is 1. The lowest BCUT2D eigenvalue weighted by atomic mass is 10.0. The van der Waals surface area contributed by atoms with E-state index in [9.17, 15) is 4.39 Å². The maximum Gasteiger partial charge on any atom is 0.198 e. The van der Waals surface area contributed by atoms with Gasteiger partial charge in [0.05, 0.1) is 12.3 Å². The van der Waals surface area contributed by atoms with Crippen molar-refractivity contribution in [1.29, 1.82) is 0 Å². The van der Waals surface area contributed by atoms with Gasteiger partial charge in [-0.1, -0.05) is 19.1 Å². The average molecular weight is 254 g/mol. The Morgan fingerprint density at radius 2 is 2.24 bits per heavy atom. The zero-order chi connectivity index (χ0) is 12.3. The van der Waals surface area contributed by atoms with Gasteiger partial charge in [0.15, 0.2) is 5.22 Å². The first kappa shape index (κ1) is 12.1. The summed E-state index contributed by atoms with van der Waals surface area (Å²) in [6.07, 6.45) is 1.53. The van der Waals surface area contributed by atoms with Crippen LogP contribution in [-0.4, -0.2) is 6.54 Å². The van der Waals surface area contributed by atoms with E-state index in [1.165, 1.54) is 18.4 Å². The minimum Gasteiger partial charge on any atom is -0.453 e. The molecule has 1 N–H and O–H groups in total. The summed E-state index contributed by atoms with van der Waals surface area (Å²) in [6.45, 7) is 2.74. The normalized spacial score (nSPS) is 12.6. The fourth-order valence-corrected chi connectivity index (χ4v) is 2.03. The van der Waals surface area contributed by atoms with Gasteiger partial charge in [0.2, 0.25) is 0 Å². The standard InChI is InChI=1S/C13H13ClFNO/c1-2-16-12(11-6-7-17-13(11)14)9-4-3-5-10(15)8-9/h3-8,12,16H,2H2,1H3. The van der Waals surface area contributed by atoms with Gasteiger partial charge in [0.25, 0.3) is 0 Å². The smallest absolute Gasteiger partial charge is 0.198 e. The molecular formula is C13H13ClFNO. The molecule has 0 spiro atoms. The van der Waals surface area contributed by atoms with Crippen LogP contribution in [-0.2, 0) is 0 Å². The van der Waals surface area contributed by atoms with E-state index in [2.05, 4.69) is 5.32 Å². The molecule has 0 saturated carbocycles. The Morgan fingerprint density at radius 1 is 1.41 bits per heavy atom. The minimum absolute atomic E-state index is 0.151. The van der Waals surface area contributed by atoms with Crippen molar-refractivity contribution in [2.24, 2.45) is 0 Å². The van der Waals surface area contributed by atoms with Crippen LogP contribution >= 0.6 is 11.6 Å². The van der Waals surface area contributed by atoms with Gasteiger partial charge in [0, 0.05) is 5.56 Å². The summed E-state index contributed by atoms with van der Waals surface area (Å²) in [5, 5.41) is 3.59. The van der Waals surface area contributed by atoms with E-state index >= 15 is 0 Å². The summed E-state index contributed by atoms with van der Waals surface area (Å²) in [5.41, 5.74) is 1.65. The highest BCUT2D eigenvalue weighted by Gasteiger charge is 2.18. The van der Waals surface area contributed by atoms with Gasteiger partial charge in [-0.25, -0.2) is 4.39 Å². The molecule has 1 atom stereocenters. The van der Waals surface area contributed by atoms with E-state index in [0.29, 0.717) is 5.22 Å². The van der Waals surface area contributed by atoms with Gasteiger partial charge in [-0.3, -0.25) is 0 Å². The van der Waals surface area contributed by atoms with E-state index in [-0.39, 0.29) is 11.9 Å². The lowest BCUT2D eigenvalue weighted by Crippen LogP contribution is -2.21. The number of halogens is 2. The van der Waals surface area contributed by atoms with E-state index in [1.807, 2.05) is 13.0 Å². The number of benzene rings is 1. The topological polar surface area (TPSA) is 25.2 Å². The van der Waals surface area contributed by atoms with Gasteiger partial charge < -0.3 is 9.73 Å². The predicted octanol–water partition coefficient (Wildman–Crippen LogP) is 3.77. The third kappa shape index (κ3) is 2.68. The van der Waals surface area contributed by atoms with Gasteiger partial charge in [0.1, 0.15) is 5.82 Å². The lowest BCUT2D eigenvalue weighted by molar-refractivity contribution is 0.553. The van der Waals surface area contributed by atoms with Crippen molar-refractivity contribution in [3.8, 4) is 0 Å². The van der Waals surface area contributed by atoms with E-state index in [4.69, 9.17) is 16.0 Å². The Bertz CT molecular complexity index is 498. The largest absolute Gasteiger partial charge is 0.453 e. The molecule has 0 radical (unpaired) electrons. The van der Waals surface area contributed by atoms with Crippen molar-refractivity contribution >= 4 is 11.6 Å². The van der Waals surface area contributed by atoms with Crippen LogP contribution in [0.2, 0.25) is 5.22 Å². The molecule has 0 bridgehead atoms. The number of hydrogen-bond donors (Lipinski definition) is 1. The first-order valence-corrected chi connectivity index (χ1v) is 5.82. The molecule has 2 aromatic rings. The predicted molar refractivity (Wildman–Crippen MR) is 65.6 cm³/mol. The van der Waals surface area contributed by atoms with Crippen LogP contribution in [0.3, 0.4) is 0 Å². The van der Waals surface area contributed by atoms with Crippen molar-refractivity contribution in [2.75, 3.05) is 6.54 Å². The van der Waals surface area contributed by atoms with Crippen LogP contribution in [0, 0.1) is 5.82 Å². The number of rotatable bonds is 4. The van der Waals surface area contributed by atoms with E-state index in [0.717, 1.165) is 17.7 Å².